The van der Waals surface area contributed by atoms with Crippen LogP contribution in [0.2, 0.25) is 0 Å². The van der Waals surface area contributed by atoms with E-state index in [-0.39, 0.29) is 10.8 Å². The van der Waals surface area contributed by atoms with E-state index in [4.69, 9.17) is 0 Å². The number of sulfonamides is 1. The Morgan fingerprint density at radius 1 is 1.08 bits per heavy atom. The van der Waals surface area contributed by atoms with Crippen LogP contribution in [0, 0.1) is 5.92 Å². The average Bonchev–Trinajstić information content (AvgIpc) is 2.60. The molecule has 0 aliphatic rings. The lowest BCUT2D eigenvalue weighted by Crippen LogP contribution is -2.27. The Labute approximate surface area is 149 Å². The summed E-state index contributed by atoms with van der Waals surface area (Å²) in [6.45, 7) is 6.57. The summed E-state index contributed by atoms with van der Waals surface area (Å²) in [6.07, 6.45) is 0.889. The Morgan fingerprint density at radius 3 is 2.36 bits per heavy atom. The van der Waals surface area contributed by atoms with E-state index in [1.165, 1.54) is 12.1 Å². The summed E-state index contributed by atoms with van der Waals surface area (Å²) in [4.78, 5) is 12.2. The van der Waals surface area contributed by atoms with Crippen LogP contribution in [0.25, 0.3) is 0 Å². The largest absolute Gasteiger partial charge is 0.352 e. The van der Waals surface area contributed by atoms with Crippen LogP contribution in [0.3, 0.4) is 0 Å². The van der Waals surface area contributed by atoms with E-state index in [9.17, 15) is 13.2 Å². The number of anilines is 1. The Hall–Kier alpha value is -2.34. The van der Waals surface area contributed by atoms with E-state index < -0.39 is 10.0 Å². The molecule has 0 atom stereocenters. The first-order chi connectivity index (χ1) is 11.8. The minimum Gasteiger partial charge on any atom is -0.352 e. The normalized spacial score (nSPS) is 11.4. The van der Waals surface area contributed by atoms with Gasteiger partial charge in [-0.3, -0.25) is 9.52 Å². The molecule has 0 heterocycles. The highest BCUT2D eigenvalue weighted by Gasteiger charge is 2.16. The lowest BCUT2D eigenvalue weighted by Gasteiger charge is -2.11. The van der Waals surface area contributed by atoms with Crippen molar-refractivity contribution in [2.75, 3.05) is 11.3 Å². The highest BCUT2D eigenvalue weighted by Crippen LogP contribution is 2.18. The summed E-state index contributed by atoms with van der Waals surface area (Å²) < 4.78 is 27.7. The number of carbonyl (C=O) groups excluding carboxylic acids is 1. The molecule has 0 saturated heterocycles. The van der Waals surface area contributed by atoms with Crippen molar-refractivity contribution < 1.29 is 13.2 Å². The molecule has 1 amide bonds. The van der Waals surface area contributed by atoms with Gasteiger partial charge in [0.25, 0.3) is 15.9 Å². The fourth-order valence-electron chi connectivity index (χ4n) is 2.23. The second kappa shape index (κ2) is 8.16. The van der Waals surface area contributed by atoms with E-state index in [0.717, 1.165) is 12.0 Å². The number of amides is 1. The third-order valence-electron chi connectivity index (χ3n) is 3.69. The van der Waals surface area contributed by atoms with Gasteiger partial charge < -0.3 is 5.32 Å². The zero-order chi connectivity index (χ0) is 18.4. The first-order valence-corrected chi connectivity index (χ1v) is 9.80. The number of hydrogen-bond donors (Lipinski definition) is 2. The molecule has 2 aromatic carbocycles. The maximum Gasteiger partial charge on any atom is 0.261 e. The van der Waals surface area contributed by atoms with Crippen LogP contribution in [0.5, 0.6) is 0 Å². The van der Waals surface area contributed by atoms with E-state index in [1.54, 1.807) is 24.3 Å². The van der Waals surface area contributed by atoms with Crippen LogP contribution < -0.4 is 10.0 Å². The number of benzene rings is 2. The maximum atomic E-state index is 12.6. The predicted octanol–water partition coefficient (Wildman–Crippen LogP) is 3.44. The van der Waals surface area contributed by atoms with Crippen LogP contribution in [0.4, 0.5) is 5.69 Å². The summed E-state index contributed by atoms with van der Waals surface area (Å²) in [5.74, 6) is 0.0432. The van der Waals surface area contributed by atoms with Gasteiger partial charge in [0.1, 0.15) is 0 Å². The zero-order valence-electron chi connectivity index (χ0n) is 14.7. The molecule has 0 bridgehead atoms. The van der Waals surface area contributed by atoms with Crippen LogP contribution in [0.15, 0.2) is 53.4 Å². The van der Waals surface area contributed by atoms with Gasteiger partial charge in [0.05, 0.1) is 4.90 Å². The summed E-state index contributed by atoms with van der Waals surface area (Å²) in [7, 11) is -3.75. The second-order valence-corrected chi connectivity index (χ2v) is 7.97. The van der Waals surface area contributed by atoms with Crippen LogP contribution in [-0.2, 0) is 16.4 Å². The zero-order valence-corrected chi connectivity index (χ0v) is 15.6. The van der Waals surface area contributed by atoms with Gasteiger partial charge in [-0.25, -0.2) is 8.42 Å². The molecule has 134 valence electrons. The molecule has 2 rings (SSSR count). The van der Waals surface area contributed by atoms with E-state index in [1.807, 2.05) is 32.9 Å². The lowest BCUT2D eigenvalue weighted by molar-refractivity contribution is 0.0949. The van der Waals surface area contributed by atoms with Gasteiger partial charge in [0.15, 0.2) is 0 Å². The summed E-state index contributed by atoms with van der Waals surface area (Å²) >= 11 is 0. The van der Waals surface area contributed by atoms with Gasteiger partial charge in [0, 0.05) is 17.8 Å². The molecule has 0 aliphatic heterocycles. The number of carbonyl (C=O) groups is 1. The first-order valence-electron chi connectivity index (χ1n) is 8.32. The summed E-state index contributed by atoms with van der Waals surface area (Å²) in [6, 6.07) is 13.3. The third kappa shape index (κ3) is 5.32. The van der Waals surface area contributed by atoms with Crippen molar-refractivity contribution in [1.29, 1.82) is 0 Å². The quantitative estimate of drug-likeness (QED) is 0.794. The molecular formula is C19H24N2O3S. The molecule has 0 unspecified atom stereocenters. The van der Waals surface area contributed by atoms with Crippen molar-refractivity contribution in [2.45, 2.75) is 32.1 Å². The van der Waals surface area contributed by atoms with Crippen molar-refractivity contribution in [3.63, 3.8) is 0 Å². The lowest BCUT2D eigenvalue weighted by atomic mass is 10.2. The van der Waals surface area contributed by atoms with E-state index in [2.05, 4.69) is 10.0 Å². The third-order valence-corrected chi connectivity index (χ3v) is 5.07. The molecule has 5 nitrogen and oxygen atoms in total. The molecule has 0 saturated carbocycles. The SMILES string of the molecule is CCc1ccc(NS(=O)(=O)c2cccc(C(=O)NCC(C)C)c2)cc1. The topological polar surface area (TPSA) is 75.3 Å². The fraction of sp³-hybridized carbons (Fsp3) is 0.316. The van der Waals surface area contributed by atoms with Crippen molar-refractivity contribution in [1.82, 2.24) is 5.32 Å². The van der Waals surface area contributed by atoms with Crippen molar-refractivity contribution in [3.05, 3.63) is 59.7 Å². The van der Waals surface area contributed by atoms with Crippen LogP contribution in [0.1, 0.15) is 36.7 Å². The maximum absolute atomic E-state index is 12.6. The Kier molecular flexibility index (Phi) is 6.20. The minimum absolute atomic E-state index is 0.0595. The Bertz CT molecular complexity index is 828. The smallest absolute Gasteiger partial charge is 0.261 e. The molecule has 0 aromatic heterocycles. The van der Waals surface area contributed by atoms with Gasteiger partial charge in [-0.15, -0.1) is 0 Å². The average molecular weight is 360 g/mol. The molecule has 25 heavy (non-hydrogen) atoms. The van der Waals surface area contributed by atoms with Gasteiger partial charge in [-0.05, 0) is 48.2 Å². The molecule has 2 aromatic rings. The fourth-order valence-corrected chi connectivity index (χ4v) is 3.33. The summed E-state index contributed by atoms with van der Waals surface area (Å²) in [5, 5.41) is 2.79. The standard InChI is InChI=1S/C19H24N2O3S/c1-4-15-8-10-17(11-9-15)21-25(23,24)18-7-5-6-16(12-18)19(22)20-13-14(2)3/h5-12,14,21H,4,13H2,1-3H3,(H,20,22). The number of rotatable bonds is 7. The minimum atomic E-state index is -3.75. The summed E-state index contributed by atoms with van der Waals surface area (Å²) in [5.41, 5.74) is 1.95. The molecule has 0 spiro atoms. The Morgan fingerprint density at radius 2 is 1.76 bits per heavy atom. The molecule has 0 aliphatic carbocycles. The van der Waals surface area contributed by atoms with Gasteiger partial charge in [-0.1, -0.05) is 39.0 Å². The van der Waals surface area contributed by atoms with Crippen LogP contribution in [-0.4, -0.2) is 20.9 Å². The second-order valence-electron chi connectivity index (χ2n) is 6.29. The van der Waals surface area contributed by atoms with Gasteiger partial charge in [0.2, 0.25) is 0 Å². The molecule has 0 fully saturated rings. The number of nitrogens with one attached hydrogen (secondary N) is 2. The van der Waals surface area contributed by atoms with E-state index in [0.29, 0.717) is 23.7 Å². The molecule has 2 N–H and O–H groups in total. The van der Waals surface area contributed by atoms with Crippen LogP contribution >= 0.6 is 0 Å². The van der Waals surface area contributed by atoms with Gasteiger partial charge in [-0.2, -0.15) is 0 Å². The highest BCUT2D eigenvalue weighted by molar-refractivity contribution is 7.92. The van der Waals surface area contributed by atoms with E-state index >= 15 is 0 Å². The van der Waals surface area contributed by atoms with Crippen molar-refractivity contribution in [3.8, 4) is 0 Å². The van der Waals surface area contributed by atoms with Crippen molar-refractivity contribution in [2.24, 2.45) is 5.92 Å². The monoisotopic (exact) mass is 360 g/mol. The van der Waals surface area contributed by atoms with Gasteiger partial charge >= 0.3 is 0 Å². The first kappa shape index (κ1) is 19.0. The highest BCUT2D eigenvalue weighted by atomic mass is 32.2. The number of aryl methyl sites for hydroxylation is 1. The predicted molar refractivity (Wildman–Crippen MR) is 100 cm³/mol. The van der Waals surface area contributed by atoms with Crippen molar-refractivity contribution >= 4 is 21.6 Å². The molecular weight excluding hydrogens is 336 g/mol. The molecule has 0 radical (unpaired) electrons. The number of hydrogen-bond acceptors (Lipinski definition) is 3. The molecule has 6 heteroatoms. The Balaban J connectivity index is 2.18.